The van der Waals surface area contributed by atoms with Gasteiger partial charge in [0.15, 0.2) is 0 Å². The van der Waals surface area contributed by atoms with Crippen molar-refractivity contribution in [3.63, 3.8) is 0 Å². The Kier molecular flexibility index (Phi) is 6.91. The van der Waals surface area contributed by atoms with Gasteiger partial charge in [0, 0.05) is 13.3 Å². The van der Waals surface area contributed by atoms with Gasteiger partial charge in [-0.1, -0.05) is 6.92 Å². The zero-order chi connectivity index (χ0) is 12.6. The molecule has 0 aliphatic heterocycles. The Balaban J connectivity index is 4.14. The standard InChI is InChI=1S/C10H16O6/c1-4-9(12)15-6-8(16-7(2)11)5-10(13)14-3/h8H,4-6H2,1-3H3. The van der Waals surface area contributed by atoms with Crippen LogP contribution in [0.5, 0.6) is 0 Å². The first-order valence-corrected chi connectivity index (χ1v) is 4.89. The van der Waals surface area contributed by atoms with Crippen LogP contribution in [0.1, 0.15) is 26.7 Å². The van der Waals surface area contributed by atoms with Crippen LogP contribution in [0.2, 0.25) is 0 Å². The second-order valence-electron chi connectivity index (χ2n) is 3.05. The molecule has 6 nitrogen and oxygen atoms in total. The van der Waals surface area contributed by atoms with Crippen molar-refractivity contribution in [3.05, 3.63) is 0 Å². The summed E-state index contributed by atoms with van der Waals surface area (Å²) < 4.78 is 14.0. The van der Waals surface area contributed by atoms with E-state index in [1.165, 1.54) is 14.0 Å². The van der Waals surface area contributed by atoms with Crippen molar-refractivity contribution < 1.29 is 28.6 Å². The summed E-state index contributed by atoms with van der Waals surface area (Å²) in [7, 11) is 1.23. The molecule has 0 N–H and O–H groups in total. The highest BCUT2D eigenvalue weighted by Gasteiger charge is 2.19. The van der Waals surface area contributed by atoms with Crippen LogP contribution in [0.15, 0.2) is 0 Å². The number of rotatable bonds is 6. The Labute approximate surface area is 93.8 Å². The van der Waals surface area contributed by atoms with E-state index in [-0.39, 0.29) is 19.4 Å². The third kappa shape index (κ3) is 6.80. The molecule has 1 unspecified atom stereocenters. The lowest BCUT2D eigenvalue weighted by Gasteiger charge is -2.15. The minimum absolute atomic E-state index is 0.132. The zero-order valence-electron chi connectivity index (χ0n) is 9.65. The minimum atomic E-state index is -0.791. The maximum atomic E-state index is 11.0. The van der Waals surface area contributed by atoms with Gasteiger partial charge in [0.25, 0.3) is 0 Å². The number of esters is 3. The number of carbonyl (C=O) groups excluding carboxylic acids is 3. The highest BCUT2D eigenvalue weighted by molar-refractivity contribution is 5.72. The van der Waals surface area contributed by atoms with Gasteiger partial charge in [-0.3, -0.25) is 14.4 Å². The summed E-state index contributed by atoms with van der Waals surface area (Å²) in [6, 6.07) is 0. The lowest BCUT2D eigenvalue weighted by molar-refractivity contribution is -0.161. The van der Waals surface area contributed by atoms with Gasteiger partial charge in [0.2, 0.25) is 0 Å². The highest BCUT2D eigenvalue weighted by Crippen LogP contribution is 2.03. The quantitative estimate of drug-likeness (QED) is 0.488. The number of hydrogen-bond donors (Lipinski definition) is 0. The molecule has 0 aromatic carbocycles. The van der Waals surface area contributed by atoms with Gasteiger partial charge in [-0.2, -0.15) is 0 Å². The summed E-state index contributed by atoms with van der Waals surface area (Å²) >= 11 is 0. The molecule has 0 rings (SSSR count). The van der Waals surface area contributed by atoms with Crippen molar-refractivity contribution in [1.82, 2.24) is 0 Å². The Morgan fingerprint density at radius 2 is 1.81 bits per heavy atom. The molecule has 0 saturated carbocycles. The maximum absolute atomic E-state index is 11.0. The van der Waals surface area contributed by atoms with E-state index in [0.717, 1.165) is 0 Å². The fourth-order valence-corrected chi connectivity index (χ4v) is 0.927. The van der Waals surface area contributed by atoms with Gasteiger partial charge in [0.1, 0.15) is 12.7 Å². The molecule has 0 aromatic rings. The van der Waals surface area contributed by atoms with E-state index in [9.17, 15) is 14.4 Å². The SMILES string of the molecule is CCC(=O)OCC(CC(=O)OC)OC(C)=O. The molecule has 0 aromatic heterocycles. The molecule has 16 heavy (non-hydrogen) atoms. The van der Waals surface area contributed by atoms with Gasteiger partial charge in [-0.25, -0.2) is 0 Å². The second-order valence-corrected chi connectivity index (χ2v) is 3.05. The lowest BCUT2D eigenvalue weighted by atomic mass is 10.2. The molecule has 0 saturated heterocycles. The van der Waals surface area contributed by atoms with Crippen LogP contribution in [0.3, 0.4) is 0 Å². The fourth-order valence-electron chi connectivity index (χ4n) is 0.927. The topological polar surface area (TPSA) is 78.9 Å². The predicted octanol–water partition coefficient (Wildman–Crippen LogP) is 0.434. The molecule has 0 aliphatic rings. The van der Waals surface area contributed by atoms with Gasteiger partial charge in [0.05, 0.1) is 13.5 Å². The molecule has 92 valence electrons. The van der Waals surface area contributed by atoms with E-state index in [4.69, 9.17) is 9.47 Å². The molecular formula is C10H16O6. The normalized spacial score (nSPS) is 11.4. The first kappa shape index (κ1) is 14.4. The molecule has 6 heteroatoms. The zero-order valence-corrected chi connectivity index (χ0v) is 9.65. The van der Waals surface area contributed by atoms with Gasteiger partial charge < -0.3 is 14.2 Å². The van der Waals surface area contributed by atoms with E-state index >= 15 is 0 Å². The summed E-state index contributed by atoms with van der Waals surface area (Å²) in [5.41, 5.74) is 0. The number of ether oxygens (including phenoxy) is 3. The summed E-state index contributed by atoms with van der Waals surface area (Å²) in [4.78, 5) is 32.6. The lowest BCUT2D eigenvalue weighted by Crippen LogP contribution is -2.27. The molecule has 0 radical (unpaired) electrons. The number of carbonyl (C=O) groups is 3. The van der Waals surface area contributed by atoms with Gasteiger partial charge in [-0.15, -0.1) is 0 Å². The molecular weight excluding hydrogens is 216 g/mol. The van der Waals surface area contributed by atoms with Crippen molar-refractivity contribution in [1.29, 1.82) is 0 Å². The number of hydrogen-bond acceptors (Lipinski definition) is 6. The molecule has 0 amide bonds. The van der Waals surface area contributed by atoms with E-state index in [1.807, 2.05) is 0 Å². The molecule has 0 bridgehead atoms. The Bertz CT molecular complexity index is 260. The summed E-state index contributed by atoms with van der Waals surface area (Å²) in [6.07, 6.45) is -0.696. The van der Waals surface area contributed by atoms with E-state index < -0.39 is 24.0 Å². The van der Waals surface area contributed by atoms with Gasteiger partial charge in [-0.05, 0) is 0 Å². The highest BCUT2D eigenvalue weighted by atomic mass is 16.6. The van der Waals surface area contributed by atoms with E-state index in [2.05, 4.69) is 4.74 Å². The van der Waals surface area contributed by atoms with Crippen LogP contribution >= 0.6 is 0 Å². The van der Waals surface area contributed by atoms with Crippen molar-refractivity contribution in [3.8, 4) is 0 Å². The summed E-state index contributed by atoms with van der Waals surface area (Å²) in [6.45, 7) is 2.72. The first-order valence-electron chi connectivity index (χ1n) is 4.89. The van der Waals surface area contributed by atoms with Crippen molar-refractivity contribution in [2.24, 2.45) is 0 Å². The third-order valence-corrected chi connectivity index (χ3v) is 1.67. The average Bonchev–Trinajstić information content (AvgIpc) is 2.24. The second kappa shape index (κ2) is 7.67. The smallest absolute Gasteiger partial charge is 0.309 e. The summed E-state index contributed by atoms with van der Waals surface area (Å²) in [5, 5.41) is 0. The van der Waals surface area contributed by atoms with Crippen molar-refractivity contribution >= 4 is 17.9 Å². The van der Waals surface area contributed by atoms with Crippen LogP contribution in [0.4, 0.5) is 0 Å². The molecule has 0 heterocycles. The van der Waals surface area contributed by atoms with Crippen LogP contribution in [-0.2, 0) is 28.6 Å². The average molecular weight is 232 g/mol. The van der Waals surface area contributed by atoms with Crippen molar-refractivity contribution in [2.75, 3.05) is 13.7 Å². The van der Waals surface area contributed by atoms with Crippen LogP contribution in [0.25, 0.3) is 0 Å². The molecule has 0 fully saturated rings. The number of methoxy groups -OCH3 is 1. The predicted molar refractivity (Wildman–Crippen MR) is 53.4 cm³/mol. The molecule has 0 spiro atoms. The van der Waals surface area contributed by atoms with Crippen molar-refractivity contribution in [2.45, 2.75) is 32.8 Å². The van der Waals surface area contributed by atoms with E-state index in [1.54, 1.807) is 6.92 Å². The van der Waals surface area contributed by atoms with Crippen LogP contribution in [0, 0.1) is 0 Å². The summed E-state index contributed by atoms with van der Waals surface area (Å²) in [5.74, 6) is -1.48. The monoisotopic (exact) mass is 232 g/mol. The molecule has 0 aliphatic carbocycles. The largest absolute Gasteiger partial charge is 0.469 e. The van der Waals surface area contributed by atoms with E-state index in [0.29, 0.717) is 0 Å². The maximum Gasteiger partial charge on any atom is 0.309 e. The minimum Gasteiger partial charge on any atom is -0.469 e. The third-order valence-electron chi connectivity index (χ3n) is 1.67. The van der Waals surface area contributed by atoms with Gasteiger partial charge >= 0.3 is 17.9 Å². The van der Waals surface area contributed by atoms with Crippen LogP contribution in [-0.4, -0.2) is 37.7 Å². The Hall–Kier alpha value is -1.59. The fraction of sp³-hybridized carbons (Fsp3) is 0.700. The Morgan fingerprint density at radius 3 is 2.25 bits per heavy atom. The first-order chi connectivity index (χ1) is 7.49. The Morgan fingerprint density at radius 1 is 1.19 bits per heavy atom. The molecule has 1 atom stereocenters. The van der Waals surface area contributed by atoms with Crippen LogP contribution < -0.4 is 0 Å².